The zero-order chi connectivity index (χ0) is 7.72. The minimum absolute atomic E-state index is 0.514. The van der Waals surface area contributed by atoms with Crippen molar-refractivity contribution in [3.8, 4) is 0 Å². The average molecular weight is 139 g/mol. The Morgan fingerprint density at radius 3 is 2.20 bits per heavy atom. The van der Waals surface area contributed by atoms with Crippen molar-refractivity contribution in [3.63, 3.8) is 0 Å². The molecule has 1 aromatic heterocycles. The number of hydrogen-bond acceptors (Lipinski definition) is 2. The van der Waals surface area contributed by atoms with Crippen LogP contribution in [0.1, 0.15) is 31.2 Å². The molecule has 0 spiro atoms. The predicted octanol–water partition coefficient (Wildman–Crippen LogP) is 1.25. The lowest BCUT2D eigenvalue weighted by Crippen LogP contribution is -2.00. The van der Waals surface area contributed by atoms with E-state index in [1.807, 2.05) is 18.7 Å². The second-order valence-corrected chi connectivity index (χ2v) is 2.84. The second kappa shape index (κ2) is 2.40. The van der Waals surface area contributed by atoms with Crippen molar-refractivity contribution in [1.82, 2.24) is 15.0 Å². The van der Waals surface area contributed by atoms with Gasteiger partial charge in [0.25, 0.3) is 0 Å². The summed E-state index contributed by atoms with van der Waals surface area (Å²) in [6.07, 6.45) is 0. The topological polar surface area (TPSA) is 30.7 Å². The highest BCUT2D eigenvalue weighted by molar-refractivity contribution is 5.11. The molecule has 0 aliphatic heterocycles. The molecule has 0 amide bonds. The van der Waals surface area contributed by atoms with Crippen LogP contribution in [0, 0.1) is 6.92 Å². The molecule has 0 aromatic carbocycles. The molecule has 0 aliphatic carbocycles. The first-order chi connectivity index (χ1) is 4.63. The standard InChI is InChI=1S/C7H13N3/c1-5(2)7-6(3)8-9-10(7)4/h5H,1-4H3. The van der Waals surface area contributed by atoms with E-state index in [2.05, 4.69) is 24.2 Å². The number of rotatable bonds is 1. The van der Waals surface area contributed by atoms with E-state index in [0.29, 0.717) is 5.92 Å². The fourth-order valence-electron chi connectivity index (χ4n) is 1.26. The Labute approximate surface area is 61.1 Å². The number of aryl methyl sites for hydroxylation is 2. The van der Waals surface area contributed by atoms with Crippen molar-refractivity contribution >= 4 is 0 Å². The van der Waals surface area contributed by atoms with Gasteiger partial charge in [-0.3, -0.25) is 4.68 Å². The maximum Gasteiger partial charge on any atom is 0.0830 e. The monoisotopic (exact) mass is 139 g/mol. The van der Waals surface area contributed by atoms with Gasteiger partial charge >= 0.3 is 0 Å². The van der Waals surface area contributed by atoms with Gasteiger partial charge in [-0.2, -0.15) is 0 Å². The molecule has 0 saturated carbocycles. The molecule has 0 unspecified atom stereocenters. The maximum absolute atomic E-state index is 3.95. The van der Waals surface area contributed by atoms with Gasteiger partial charge in [0.05, 0.1) is 11.4 Å². The molecule has 3 nitrogen and oxygen atoms in total. The third kappa shape index (κ3) is 1.03. The zero-order valence-corrected chi connectivity index (χ0v) is 6.92. The molecular formula is C7H13N3. The van der Waals surface area contributed by atoms with E-state index >= 15 is 0 Å². The minimum atomic E-state index is 0.514. The molecule has 0 N–H and O–H groups in total. The molecule has 0 radical (unpaired) electrons. The molecule has 1 heterocycles. The van der Waals surface area contributed by atoms with Crippen LogP contribution in [0.5, 0.6) is 0 Å². The number of hydrogen-bond donors (Lipinski definition) is 0. The summed E-state index contributed by atoms with van der Waals surface area (Å²) in [5.41, 5.74) is 2.26. The highest BCUT2D eigenvalue weighted by Gasteiger charge is 2.08. The molecular weight excluding hydrogens is 126 g/mol. The van der Waals surface area contributed by atoms with Crippen molar-refractivity contribution in [1.29, 1.82) is 0 Å². The van der Waals surface area contributed by atoms with E-state index in [0.717, 1.165) is 5.69 Å². The van der Waals surface area contributed by atoms with Gasteiger partial charge in [-0.25, -0.2) is 0 Å². The molecule has 56 valence electrons. The number of nitrogens with zero attached hydrogens (tertiary/aromatic N) is 3. The van der Waals surface area contributed by atoms with Crippen molar-refractivity contribution in [2.75, 3.05) is 0 Å². The van der Waals surface area contributed by atoms with Crippen LogP contribution in [0.3, 0.4) is 0 Å². The minimum Gasteiger partial charge on any atom is -0.252 e. The summed E-state index contributed by atoms with van der Waals surface area (Å²) in [7, 11) is 1.93. The van der Waals surface area contributed by atoms with Gasteiger partial charge in [0.2, 0.25) is 0 Å². The van der Waals surface area contributed by atoms with Crippen LogP contribution in [-0.2, 0) is 7.05 Å². The van der Waals surface area contributed by atoms with Gasteiger partial charge in [0.15, 0.2) is 0 Å². The van der Waals surface area contributed by atoms with E-state index in [4.69, 9.17) is 0 Å². The van der Waals surface area contributed by atoms with Gasteiger partial charge < -0.3 is 0 Å². The molecule has 0 bridgehead atoms. The van der Waals surface area contributed by atoms with Crippen molar-refractivity contribution in [2.45, 2.75) is 26.7 Å². The summed E-state index contributed by atoms with van der Waals surface area (Å²) in [5.74, 6) is 0.514. The summed E-state index contributed by atoms with van der Waals surface area (Å²) in [5, 5.41) is 7.85. The Hall–Kier alpha value is -0.860. The van der Waals surface area contributed by atoms with Crippen LogP contribution in [0.15, 0.2) is 0 Å². The number of aromatic nitrogens is 3. The van der Waals surface area contributed by atoms with Gasteiger partial charge in [0.1, 0.15) is 0 Å². The quantitative estimate of drug-likeness (QED) is 0.586. The van der Waals surface area contributed by atoms with Crippen molar-refractivity contribution in [3.05, 3.63) is 11.4 Å². The lowest BCUT2D eigenvalue weighted by atomic mass is 10.1. The van der Waals surface area contributed by atoms with Gasteiger partial charge in [-0.05, 0) is 12.8 Å². The summed E-state index contributed by atoms with van der Waals surface area (Å²) in [6.45, 7) is 6.28. The Morgan fingerprint density at radius 2 is 2.00 bits per heavy atom. The first-order valence-electron chi connectivity index (χ1n) is 3.49. The van der Waals surface area contributed by atoms with Crippen LogP contribution in [0.2, 0.25) is 0 Å². The van der Waals surface area contributed by atoms with E-state index in [-0.39, 0.29) is 0 Å². The van der Waals surface area contributed by atoms with Crippen LogP contribution in [0.25, 0.3) is 0 Å². The molecule has 0 aliphatic rings. The van der Waals surface area contributed by atoms with Gasteiger partial charge in [0, 0.05) is 7.05 Å². The zero-order valence-electron chi connectivity index (χ0n) is 6.92. The normalized spacial score (nSPS) is 10.9. The summed E-state index contributed by atoms with van der Waals surface area (Å²) in [6, 6.07) is 0. The highest BCUT2D eigenvalue weighted by atomic mass is 15.4. The predicted molar refractivity (Wildman–Crippen MR) is 39.8 cm³/mol. The molecule has 1 rings (SSSR count). The molecule has 0 atom stereocenters. The van der Waals surface area contributed by atoms with E-state index < -0.39 is 0 Å². The SMILES string of the molecule is Cc1nnn(C)c1C(C)C. The summed E-state index contributed by atoms with van der Waals surface area (Å²) in [4.78, 5) is 0. The fourth-order valence-corrected chi connectivity index (χ4v) is 1.26. The fraction of sp³-hybridized carbons (Fsp3) is 0.714. The molecule has 10 heavy (non-hydrogen) atoms. The van der Waals surface area contributed by atoms with Crippen LogP contribution in [0.4, 0.5) is 0 Å². The van der Waals surface area contributed by atoms with Gasteiger partial charge in [-0.1, -0.05) is 19.1 Å². The van der Waals surface area contributed by atoms with Gasteiger partial charge in [-0.15, -0.1) is 5.10 Å². The Kier molecular flexibility index (Phi) is 1.74. The van der Waals surface area contributed by atoms with Crippen LogP contribution >= 0.6 is 0 Å². The average Bonchev–Trinajstić information content (AvgIpc) is 2.11. The van der Waals surface area contributed by atoms with E-state index in [1.165, 1.54) is 5.69 Å². The van der Waals surface area contributed by atoms with Crippen LogP contribution < -0.4 is 0 Å². The third-order valence-electron chi connectivity index (χ3n) is 1.60. The highest BCUT2D eigenvalue weighted by Crippen LogP contribution is 2.14. The Morgan fingerprint density at radius 1 is 1.40 bits per heavy atom. The molecule has 0 fully saturated rings. The lowest BCUT2D eigenvalue weighted by Gasteiger charge is -2.03. The summed E-state index contributed by atoms with van der Waals surface area (Å²) >= 11 is 0. The smallest absolute Gasteiger partial charge is 0.0830 e. The Bertz CT molecular complexity index is 205. The van der Waals surface area contributed by atoms with E-state index in [9.17, 15) is 0 Å². The Balaban J connectivity index is 3.10. The van der Waals surface area contributed by atoms with Crippen molar-refractivity contribution in [2.24, 2.45) is 7.05 Å². The lowest BCUT2D eigenvalue weighted by molar-refractivity contribution is 0.647. The van der Waals surface area contributed by atoms with Crippen molar-refractivity contribution < 1.29 is 0 Å². The third-order valence-corrected chi connectivity index (χ3v) is 1.60. The summed E-state index contributed by atoms with van der Waals surface area (Å²) < 4.78 is 1.83. The maximum atomic E-state index is 3.95. The first-order valence-corrected chi connectivity index (χ1v) is 3.49. The van der Waals surface area contributed by atoms with Crippen LogP contribution in [-0.4, -0.2) is 15.0 Å². The van der Waals surface area contributed by atoms with E-state index in [1.54, 1.807) is 0 Å². The molecule has 0 saturated heterocycles. The largest absolute Gasteiger partial charge is 0.252 e. The molecule has 1 aromatic rings. The molecule has 3 heteroatoms. The second-order valence-electron chi connectivity index (χ2n) is 2.84. The first kappa shape index (κ1) is 7.25.